The highest BCUT2D eigenvalue weighted by Gasteiger charge is 2.37. The number of fused-ring (bicyclic) bond motifs is 1. The van der Waals surface area contributed by atoms with Crippen LogP contribution in [-0.4, -0.2) is 23.6 Å². The molecule has 1 heterocycles. The quantitative estimate of drug-likeness (QED) is 0.377. The first-order valence-corrected chi connectivity index (χ1v) is 7.56. The minimum absolute atomic E-state index is 0.211. The van der Waals surface area contributed by atoms with Gasteiger partial charge in [0, 0.05) is 18.2 Å². The normalized spacial score (nSPS) is 26.6. The Bertz CT molecular complexity index is 526. The minimum Gasteiger partial charge on any atom is -0.409 e. The summed E-state index contributed by atoms with van der Waals surface area (Å²) in [5.41, 5.74) is 9.11. The number of anilines is 1. The Morgan fingerprint density at radius 2 is 2.10 bits per heavy atom. The molecule has 0 radical (unpaired) electrons. The molecular formula is C16H23N3O. The van der Waals surface area contributed by atoms with Crippen molar-refractivity contribution in [3.05, 3.63) is 29.3 Å². The summed E-state index contributed by atoms with van der Waals surface area (Å²) >= 11 is 0. The van der Waals surface area contributed by atoms with E-state index in [1.165, 1.54) is 37.7 Å². The molecule has 0 aromatic heterocycles. The zero-order chi connectivity index (χ0) is 14.1. The molecule has 1 aromatic carbocycles. The van der Waals surface area contributed by atoms with Crippen molar-refractivity contribution in [3.8, 4) is 0 Å². The van der Waals surface area contributed by atoms with Gasteiger partial charge in [-0.3, -0.25) is 0 Å². The summed E-state index contributed by atoms with van der Waals surface area (Å²) in [6.45, 7) is 3.20. The van der Waals surface area contributed by atoms with Crippen molar-refractivity contribution in [1.29, 1.82) is 0 Å². The molecule has 108 valence electrons. The predicted molar refractivity (Wildman–Crippen MR) is 81.4 cm³/mol. The molecule has 2 aliphatic rings. The average Bonchev–Trinajstić information content (AvgIpc) is 2.90. The van der Waals surface area contributed by atoms with Gasteiger partial charge in [-0.25, -0.2) is 0 Å². The topological polar surface area (TPSA) is 61.9 Å². The van der Waals surface area contributed by atoms with E-state index in [4.69, 9.17) is 10.9 Å². The zero-order valence-electron chi connectivity index (χ0n) is 12.0. The van der Waals surface area contributed by atoms with Crippen LogP contribution in [0.25, 0.3) is 0 Å². The molecule has 20 heavy (non-hydrogen) atoms. The van der Waals surface area contributed by atoms with Crippen LogP contribution in [0.4, 0.5) is 5.69 Å². The van der Waals surface area contributed by atoms with Crippen LogP contribution in [0, 0.1) is 12.8 Å². The fourth-order valence-electron chi connectivity index (χ4n) is 3.98. The van der Waals surface area contributed by atoms with Crippen LogP contribution in [0.3, 0.4) is 0 Å². The standard InChI is InChI=1S/C16H23N3O/c1-11-5-4-7-13(16(17)18-20)15(11)19-10-9-12-6-2-3-8-14(12)19/h4-5,7,12,14,20H,2-3,6,8-10H2,1H3,(H2,17,18). The Hall–Kier alpha value is -1.71. The Morgan fingerprint density at radius 1 is 1.30 bits per heavy atom. The molecule has 1 saturated carbocycles. The van der Waals surface area contributed by atoms with Crippen LogP contribution in [0.5, 0.6) is 0 Å². The summed E-state index contributed by atoms with van der Waals surface area (Å²) in [6.07, 6.45) is 6.59. The third-order valence-electron chi connectivity index (χ3n) is 4.92. The molecule has 0 bridgehead atoms. The summed E-state index contributed by atoms with van der Waals surface area (Å²) < 4.78 is 0. The van der Waals surface area contributed by atoms with Gasteiger partial charge in [0.2, 0.25) is 0 Å². The van der Waals surface area contributed by atoms with Gasteiger partial charge in [0.25, 0.3) is 0 Å². The number of amidine groups is 1. The maximum Gasteiger partial charge on any atom is 0.172 e. The third-order valence-corrected chi connectivity index (χ3v) is 4.92. The lowest BCUT2D eigenvalue weighted by Crippen LogP contribution is -2.36. The second kappa shape index (κ2) is 5.35. The summed E-state index contributed by atoms with van der Waals surface area (Å²) in [7, 11) is 0. The van der Waals surface area contributed by atoms with E-state index in [9.17, 15) is 0 Å². The van der Waals surface area contributed by atoms with E-state index in [0.717, 1.165) is 23.7 Å². The van der Waals surface area contributed by atoms with Crippen molar-refractivity contribution in [1.82, 2.24) is 0 Å². The number of para-hydroxylation sites is 1. The Morgan fingerprint density at radius 3 is 2.90 bits per heavy atom. The molecule has 1 aromatic rings. The number of rotatable bonds is 2. The van der Waals surface area contributed by atoms with Crippen molar-refractivity contribution >= 4 is 11.5 Å². The molecule has 1 aliphatic carbocycles. The van der Waals surface area contributed by atoms with E-state index in [2.05, 4.69) is 23.0 Å². The molecule has 1 saturated heterocycles. The number of nitrogens with two attached hydrogens (primary N) is 1. The lowest BCUT2D eigenvalue weighted by molar-refractivity contribution is 0.318. The van der Waals surface area contributed by atoms with Gasteiger partial charge >= 0.3 is 0 Å². The fourth-order valence-corrected chi connectivity index (χ4v) is 3.98. The van der Waals surface area contributed by atoms with Crippen LogP contribution in [-0.2, 0) is 0 Å². The Balaban J connectivity index is 2.01. The van der Waals surface area contributed by atoms with Crippen molar-refractivity contribution in [2.24, 2.45) is 16.8 Å². The average molecular weight is 273 g/mol. The second-order valence-corrected chi connectivity index (χ2v) is 6.05. The highest BCUT2D eigenvalue weighted by molar-refractivity contribution is 6.03. The van der Waals surface area contributed by atoms with Crippen LogP contribution >= 0.6 is 0 Å². The van der Waals surface area contributed by atoms with Gasteiger partial charge in [-0.05, 0) is 43.7 Å². The maximum absolute atomic E-state index is 9.02. The summed E-state index contributed by atoms with van der Waals surface area (Å²) in [6, 6.07) is 6.67. The maximum atomic E-state index is 9.02. The molecule has 0 amide bonds. The van der Waals surface area contributed by atoms with Gasteiger partial charge in [-0.1, -0.05) is 30.1 Å². The van der Waals surface area contributed by atoms with E-state index in [1.807, 2.05) is 12.1 Å². The monoisotopic (exact) mass is 273 g/mol. The van der Waals surface area contributed by atoms with Gasteiger partial charge in [-0.15, -0.1) is 0 Å². The second-order valence-electron chi connectivity index (χ2n) is 6.05. The number of aryl methyl sites for hydroxylation is 1. The first kappa shape index (κ1) is 13.3. The molecule has 2 fully saturated rings. The predicted octanol–water partition coefficient (Wildman–Crippen LogP) is 2.86. The Labute approximate surface area is 120 Å². The number of benzene rings is 1. The lowest BCUT2D eigenvalue weighted by Gasteiger charge is -2.35. The number of oxime groups is 1. The van der Waals surface area contributed by atoms with Crippen molar-refractivity contribution in [2.75, 3.05) is 11.4 Å². The Kier molecular flexibility index (Phi) is 3.55. The molecule has 1 aliphatic heterocycles. The minimum atomic E-state index is 0.211. The molecule has 4 heteroatoms. The third kappa shape index (κ3) is 2.13. The lowest BCUT2D eigenvalue weighted by atomic mass is 9.85. The highest BCUT2D eigenvalue weighted by Crippen LogP contribution is 2.41. The zero-order valence-corrected chi connectivity index (χ0v) is 12.0. The van der Waals surface area contributed by atoms with E-state index >= 15 is 0 Å². The summed E-state index contributed by atoms with van der Waals surface area (Å²) in [5, 5.41) is 12.2. The number of hydrogen-bond donors (Lipinski definition) is 2. The van der Waals surface area contributed by atoms with Gasteiger partial charge < -0.3 is 15.8 Å². The molecule has 0 spiro atoms. The van der Waals surface area contributed by atoms with Crippen LogP contribution in [0.15, 0.2) is 23.4 Å². The highest BCUT2D eigenvalue weighted by atomic mass is 16.4. The molecule has 3 N–H and O–H groups in total. The van der Waals surface area contributed by atoms with Crippen molar-refractivity contribution in [3.63, 3.8) is 0 Å². The van der Waals surface area contributed by atoms with Crippen LogP contribution in [0.1, 0.15) is 43.2 Å². The van der Waals surface area contributed by atoms with Gasteiger partial charge in [0.1, 0.15) is 0 Å². The van der Waals surface area contributed by atoms with E-state index in [1.54, 1.807) is 0 Å². The number of hydrogen-bond acceptors (Lipinski definition) is 3. The van der Waals surface area contributed by atoms with E-state index in [0.29, 0.717) is 6.04 Å². The molecule has 4 nitrogen and oxygen atoms in total. The summed E-state index contributed by atoms with van der Waals surface area (Å²) in [4.78, 5) is 2.51. The smallest absolute Gasteiger partial charge is 0.172 e. The molecule has 2 atom stereocenters. The van der Waals surface area contributed by atoms with Crippen molar-refractivity contribution < 1.29 is 5.21 Å². The molecular weight excluding hydrogens is 250 g/mol. The van der Waals surface area contributed by atoms with Gasteiger partial charge in [0.15, 0.2) is 5.84 Å². The van der Waals surface area contributed by atoms with Gasteiger partial charge in [0.05, 0.1) is 5.69 Å². The van der Waals surface area contributed by atoms with Gasteiger partial charge in [-0.2, -0.15) is 0 Å². The molecule has 2 unspecified atom stereocenters. The largest absolute Gasteiger partial charge is 0.409 e. The first-order chi connectivity index (χ1) is 9.72. The molecule has 3 rings (SSSR count). The van der Waals surface area contributed by atoms with Crippen molar-refractivity contribution in [2.45, 2.75) is 45.1 Å². The first-order valence-electron chi connectivity index (χ1n) is 7.56. The summed E-state index contributed by atoms with van der Waals surface area (Å²) in [5.74, 6) is 1.03. The number of nitrogens with zero attached hydrogens (tertiary/aromatic N) is 2. The SMILES string of the molecule is Cc1cccc(/C(N)=N/O)c1N1CCC2CCCCC21. The fraction of sp³-hybridized carbons (Fsp3) is 0.562. The van der Waals surface area contributed by atoms with Crippen LogP contribution in [0.2, 0.25) is 0 Å². The van der Waals surface area contributed by atoms with Crippen LogP contribution < -0.4 is 10.6 Å². The van der Waals surface area contributed by atoms with E-state index in [-0.39, 0.29) is 5.84 Å². The van der Waals surface area contributed by atoms with E-state index < -0.39 is 0 Å².